The van der Waals surface area contributed by atoms with E-state index >= 15 is 0 Å². The number of methoxy groups -OCH3 is 2. The van der Waals surface area contributed by atoms with Gasteiger partial charge >= 0.3 is 0 Å². The fourth-order valence-electron chi connectivity index (χ4n) is 3.38. The third-order valence-electron chi connectivity index (χ3n) is 5.15. The van der Waals surface area contributed by atoms with Crippen LogP contribution >= 0.6 is 11.8 Å². The first kappa shape index (κ1) is 20.6. The number of nitrogens with zero attached hydrogens (tertiary/aromatic N) is 1. The molecular weight excluding hydrogens is 370 g/mol. The number of hydrogen-bond donors (Lipinski definition) is 0. The molecule has 0 saturated heterocycles. The van der Waals surface area contributed by atoms with Crippen LogP contribution < -0.4 is 9.47 Å². The second kappa shape index (κ2) is 8.48. The van der Waals surface area contributed by atoms with E-state index in [1.807, 2.05) is 17.0 Å². The topological polar surface area (TPSA) is 38.8 Å². The van der Waals surface area contributed by atoms with Crippen molar-refractivity contribution in [1.29, 1.82) is 0 Å². The summed E-state index contributed by atoms with van der Waals surface area (Å²) in [6.07, 6.45) is 0.840. The number of fused-ring (bicyclic) bond motifs is 1. The Kier molecular flexibility index (Phi) is 6.23. The van der Waals surface area contributed by atoms with Gasteiger partial charge in [0, 0.05) is 18.0 Å². The lowest BCUT2D eigenvalue weighted by Crippen LogP contribution is -2.37. The number of amides is 1. The van der Waals surface area contributed by atoms with Crippen molar-refractivity contribution in [2.75, 3.05) is 26.5 Å². The fourth-order valence-corrected chi connectivity index (χ4v) is 4.18. The summed E-state index contributed by atoms with van der Waals surface area (Å²) >= 11 is 1.60. The van der Waals surface area contributed by atoms with Crippen LogP contribution in [0.15, 0.2) is 41.3 Å². The van der Waals surface area contributed by atoms with Crippen LogP contribution in [0.1, 0.15) is 37.5 Å². The minimum Gasteiger partial charge on any atom is -0.493 e. The van der Waals surface area contributed by atoms with E-state index in [0.717, 1.165) is 29.2 Å². The van der Waals surface area contributed by atoms with Crippen molar-refractivity contribution < 1.29 is 14.3 Å². The predicted molar refractivity (Wildman–Crippen MR) is 115 cm³/mol. The summed E-state index contributed by atoms with van der Waals surface area (Å²) in [6.45, 7) is 7.98. The van der Waals surface area contributed by atoms with Crippen molar-refractivity contribution in [2.24, 2.45) is 0 Å². The highest BCUT2D eigenvalue weighted by atomic mass is 32.2. The molecule has 5 heteroatoms. The SMILES string of the molecule is COc1cc2c(cc1OC)CN(C(=O)CSc1ccc(C(C)(C)C)cc1)CC2. The molecule has 0 atom stereocenters. The molecule has 0 fully saturated rings. The van der Waals surface area contributed by atoms with Gasteiger partial charge in [0.05, 0.1) is 20.0 Å². The third-order valence-corrected chi connectivity index (χ3v) is 6.15. The molecule has 4 nitrogen and oxygen atoms in total. The molecular formula is C23H29NO3S. The van der Waals surface area contributed by atoms with Crippen LogP contribution in [-0.4, -0.2) is 37.3 Å². The number of rotatable bonds is 5. The highest BCUT2D eigenvalue weighted by Gasteiger charge is 2.23. The molecule has 0 aliphatic carbocycles. The summed E-state index contributed by atoms with van der Waals surface area (Å²) in [7, 11) is 3.28. The van der Waals surface area contributed by atoms with Gasteiger partial charge in [-0.2, -0.15) is 0 Å². The van der Waals surface area contributed by atoms with Crippen molar-refractivity contribution in [2.45, 2.75) is 44.0 Å². The van der Waals surface area contributed by atoms with E-state index in [1.54, 1.807) is 26.0 Å². The van der Waals surface area contributed by atoms with Crippen molar-refractivity contribution in [1.82, 2.24) is 4.90 Å². The summed E-state index contributed by atoms with van der Waals surface area (Å²) in [5.74, 6) is 2.08. The minimum absolute atomic E-state index is 0.143. The summed E-state index contributed by atoms with van der Waals surface area (Å²) in [6, 6.07) is 12.6. The van der Waals surface area contributed by atoms with Gasteiger partial charge in [0.25, 0.3) is 0 Å². The molecule has 1 aliphatic heterocycles. The quantitative estimate of drug-likeness (QED) is 0.685. The van der Waals surface area contributed by atoms with Crippen LogP contribution in [0.3, 0.4) is 0 Å². The van der Waals surface area contributed by atoms with Crippen LogP contribution in [0.25, 0.3) is 0 Å². The first-order valence-corrected chi connectivity index (χ1v) is 10.6. The standard InChI is InChI=1S/C23H29NO3S/c1-23(2,3)18-6-8-19(9-7-18)28-15-22(25)24-11-10-16-12-20(26-4)21(27-5)13-17(16)14-24/h6-9,12-13H,10-11,14-15H2,1-5H3. The number of benzene rings is 2. The Bertz CT molecular complexity index is 840. The molecule has 2 aromatic carbocycles. The number of thioether (sulfide) groups is 1. The van der Waals surface area contributed by atoms with E-state index < -0.39 is 0 Å². The van der Waals surface area contributed by atoms with E-state index in [4.69, 9.17) is 9.47 Å². The molecule has 150 valence electrons. The monoisotopic (exact) mass is 399 g/mol. The summed E-state index contributed by atoms with van der Waals surface area (Å²) in [5, 5.41) is 0. The molecule has 0 radical (unpaired) electrons. The smallest absolute Gasteiger partial charge is 0.233 e. The molecule has 3 rings (SSSR count). The fraction of sp³-hybridized carbons (Fsp3) is 0.435. The highest BCUT2D eigenvalue weighted by molar-refractivity contribution is 8.00. The Labute approximate surface area is 172 Å². The second-order valence-corrected chi connectivity index (χ2v) is 9.15. The van der Waals surface area contributed by atoms with Crippen LogP contribution in [0.2, 0.25) is 0 Å². The largest absolute Gasteiger partial charge is 0.493 e. The lowest BCUT2D eigenvalue weighted by Gasteiger charge is -2.29. The molecule has 0 saturated carbocycles. The van der Waals surface area contributed by atoms with Crippen LogP contribution in [0.4, 0.5) is 0 Å². The van der Waals surface area contributed by atoms with Crippen LogP contribution in [0, 0.1) is 0 Å². The lowest BCUT2D eigenvalue weighted by molar-refractivity contribution is -0.129. The van der Waals surface area contributed by atoms with Gasteiger partial charge in [-0.15, -0.1) is 11.8 Å². The van der Waals surface area contributed by atoms with Crippen molar-refractivity contribution in [3.05, 3.63) is 53.1 Å². The molecule has 1 heterocycles. The molecule has 0 bridgehead atoms. The first-order valence-electron chi connectivity index (χ1n) is 9.56. The zero-order chi connectivity index (χ0) is 20.3. The van der Waals surface area contributed by atoms with Crippen molar-refractivity contribution in [3.63, 3.8) is 0 Å². The Morgan fingerprint density at radius 1 is 1.04 bits per heavy atom. The van der Waals surface area contributed by atoms with E-state index in [9.17, 15) is 4.79 Å². The van der Waals surface area contributed by atoms with Crippen LogP contribution in [0.5, 0.6) is 11.5 Å². The molecule has 0 unspecified atom stereocenters. The molecule has 28 heavy (non-hydrogen) atoms. The average Bonchev–Trinajstić information content (AvgIpc) is 2.70. The zero-order valence-electron chi connectivity index (χ0n) is 17.4. The molecule has 2 aromatic rings. The van der Waals surface area contributed by atoms with Gasteiger partial charge in [-0.05, 0) is 52.8 Å². The zero-order valence-corrected chi connectivity index (χ0v) is 18.2. The van der Waals surface area contributed by atoms with Gasteiger partial charge in [-0.3, -0.25) is 4.79 Å². The molecule has 0 spiro atoms. The Morgan fingerprint density at radius 3 is 2.21 bits per heavy atom. The summed E-state index contributed by atoms with van der Waals surface area (Å²) in [4.78, 5) is 15.8. The number of carbonyl (C=O) groups is 1. The number of hydrogen-bond acceptors (Lipinski definition) is 4. The van der Waals surface area contributed by atoms with Gasteiger partial charge in [0.1, 0.15) is 0 Å². The van der Waals surface area contributed by atoms with Gasteiger partial charge in [0.2, 0.25) is 5.91 Å². The summed E-state index contributed by atoms with van der Waals surface area (Å²) < 4.78 is 10.8. The predicted octanol–water partition coefficient (Wildman–Crippen LogP) is 4.68. The van der Waals surface area contributed by atoms with Gasteiger partial charge in [0.15, 0.2) is 11.5 Å². The third kappa shape index (κ3) is 4.64. The van der Waals surface area contributed by atoms with Gasteiger partial charge in [-0.25, -0.2) is 0 Å². The van der Waals surface area contributed by atoms with E-state index in [0.29, 0.717) is 18.0 Å². The second-order valence-electron chi connectivity index (χ2n) is 8.10. The lowest BCUT2D eigenvalue weighted by atomic mass is 9.87. The molecule has 0 N–H and O–H groups in total. The Hall–Kier alpha value is -2.14. The summed E-state index contributed by atoms with van der Waals surface area (Å²) in [5.41, 5.74) is 3.81. The molecule has 1 aliphatic rings. The normalized spacial score (nSPS) is 13.8. The van der Waals surface area contributed by atoms with Crippen molar-refractivity contribution in [3.8, 4) is 11.5 Å². The minimum atomic E-state index is 0.143. The maximum Gasteiger partial charge on any atom is 0.233 e. The van der Waals surface area contributed by atoms with Crippen molar-refractivity contribution >= 4 is 17.7 Å². The van der Waals surface area contributed by atoms with Crippen LogP contribution in [-0.2, 0) is 23.2 Å². The van der Waals surface area contributed by atoms with E-state index in [2.05, 4.69) is 45.0 Å². The maximum absolute atomic E-state index is 12.7. The number of ether oxygens (including phenoxy) is 2. The molecule has 0 aromatic heterocycles. The number of carbonyl (C=O) groups excluding carboxylic acids is 1. The first-order chi connectivity index (χ1) is 13.3. The average molecular weight is 400 g/mol. The van der Waals surface area contributed by atoms with E-state index in [1.165, 1.54) is 11.1 Å². The Balaban J connectivity index is 1.62. The molecule has 1 amide bonds. The van der Waals surface area contributed by atoms with Gasteiger partial charge in [-0.1, -0.05) is 32.9 Å². The maximum atomic E-state index is 12.7. The Morgan fingerprint density at radius 2 is 1.64 bits per heavy atom. The van der Waals surface area contributed by atoms with Gasteiger partial charge < -0.3 is 14.4 Å². The van der Waals surface area contributed by atoms with E-state index in [-0.39, 0.29) is 11.3 Å². The highest BCUT2D eigenvalue weighted by Crippen LogP contribution is 2.33.